The van der Waals surface area contributed by atoms with Crippen LogP contribution in [0.4, 0.5) is 0 Å². The summed E-state index contributed by atoms with van der Waals surface area (Å²) < 4.78 is 0. The number of nitrogens with two attached hydrogens (primary N) is 1. The Morgan fingerprint density at radius 3 is 3.06 bits per heavy atom. The second-order valence-corrected chi connectivity index (χ2v) is 5.37. The molecule has 0 aliphatic carbocycles. The lowest BCUT2D eigenvalue weighted by Crippen LogP contribution is -2.36. The van der Waals surface area contributed by atoms with E-state index in [-0.39, 0.29) is 11.9 Å². The topological polar surface area (TPSA) is 46.3 Å². The van der Waals surface area contributed by atoms with Crippen molar-refractivity contribution >= 4 is 17.5 Å². The molecule has 1 aliphatic rings. The summed E-state index contributed by atoms with van der Waals surface area (Å²) in [5, 5.41) is 0.815. The lowest BCUT2D eigenvalue weighted by molar-refractivity contribution is -0.132. The van der Waals surface area contributed by atoms with Gasteiger partial charge in [0.25, 0.3) is 0 Å². The van der Waals surface area contributed by atoms with Crippen LogP contribution in [0.3, 0.4) is 0 Å². The fourth-order valence-corrected chi connectivity index (χ4v) is 2.57. The number of carbonyl (C=O) groups excluding carboxylic acids is 1. The number of rotatable bonds is 3. The Balaban J connectivity index is 2.01. The molecule has 0 aromatic heterocycles. The van der Waals surface area contributed by atoms with Gasteiger partial charge < -0.3 is 10.6 Å². The molecule has 0 saturated carbocycles. The van der Waals surface area contributed by atoms with Gasteiger partial charge in [-0.1, -0.05) is 23.7 Å². The lowest BCUT2D eigenvalue weighted by Gasteiger charge is -2.29. The van der Waals surface area contributed by atoms with E-state index in [1.54, 1.807) is 0 Å². The zero-order valence-electron chi connectivity index (χ0n) is 10.7. The average molecular weight is 267 g/mol. The molecule has 1 atom stereocenters. The van der Waals surface area contributed by atoms with Crippen molar-refractivity contribution in [3.8, 4) is 0 Å². The third-order valence-corrected chi connectivity index (χ3v) is 3.73. The predicted octanol–water partition coefficient (Wildman–Crippen LogP) is 2.35. The van der Waals surface area contributed by atoms with Crippen LogP contribution in [0.2, 0.25) is 5.02 Å². The molecule has 0 spiro atoms. The molecule has 0 bridgehead atoms. The first-order valence-electron chi connectivity index (χ1n) is 6.37. The maximum Gasteiger partial charge on any atom is 0.222 e. The van der Waals surface area contributed by atoms with Crippen molar-refractivity contribution in [2.45, 2.75) is 38.8 Å². The molecule has 1 aromatic rings. The standard InChI is InChI=1S/C14H19ClN2O/c1-10(16)5-6-14(18)17-8-7-12-11(9-17)3-2-4-13(12)15/h2-4,10H,5-9,16H2,1H3. The largest absolute Gasteiger partial charge is 0.338 e. The van der Waals surface area contributed by atoms with Crippen LogP contribution >= 0.6 is 11.6 Å². The van der Waals surface area contributed by atoms with Gasteiger partial charge in [0.2, 0.25) is 5.91 Å². The summed E-state index contributed by atoms with van der Waals surface area (Å²) >= 11 is 6.15. The highest BCUT2D eigenvalue weighted by atomic mass is 35.5. The normalized spacial score (nSPS) is 16.3. The van der Waals surface area contributed by atoms with Crippen LogP contribution in [0.25, 0.3) is 0 Å². The van der Waals surface area contributed by atoms with Crippen molar-refractivity contribution in [3.63, 3.8) is 0 Å². The summed E-state index contributed by atoms with van der Waals surface area (Å²) in [4.78, 5) is 13.9. The summed E-state index contributed by atoms with van der Waals surface area (Å²) in [7, 11) is 0. The number of halogens is 1. The van der Waals surface area contributed by atoms with Crippen LogP contribution in [0.15, 0.2) is 18.2 Å². The van der Waals surface area contributed by atoms with Gasteiger partial charge in [-0.25, -0.2) is 0 Å². The Kier molecular flexibility index (Phi) is 4.25. The predicted molar refractivity (Wildman–Crippen MR) is 73.5 cm³/mol. The molecule has 2 N–H and O–H groups in total. The zero-order valence-corrected chi connectivity index (χ0v) is 11.4. The minimum atomic E-state index is 0.0838. The van der Waals surface area contributed by atoms with E-state index in [9.17, 15) is 4.79 Å². The Morgan fingerprint density at radius 2 is 2.33 bits per heavy atom. The van der Waals surface area contributed by atoms with Crippen molar-refractivity contribution < 1.29 is 4.79 Å². The minimum Gasteiger partial charge on any atom is -0.338 e. The van der Waals surface area contributed by atoms with E-state index in [1.807, 2.05) is 30.0 Å². The molecule has 0 fully saturated rings. The van der Waals surface area contributed by atoms with Gasteiger partial charge in [0.1, 0.15) is 0 Å². The monoisotopic (exact) mass is 266 g/mol. The maximum atomic E-state index is 12.0. The van der Waals surface area contributed by atoms with Gasteiger partial charge in [-0.15, -0.1) is 0 Å². The van der Waals surface area contributed by atoms with Gasteiger partial charge in [0.15, 0.2) is 0 Å². The number of hydrogen-bond acceptors (Lipinski definition) is 2. The van der Waals surface area contributed by atoms with Crippen LogP contribution in [-0.4, -0.2) is 23.4 Å². The van der Waals surface area contributed by atoms with E-state index in [4.69, 9.17) is 17.3 Å². The number of benzene rings is 1. The molecule has 0 radical (unpaired) electrons. The molecule has 3 nitrogen and oxygen atoms in total. The number of hydrogen-bond donors (Lipinski definition) is 1. The molecule has 98 valence electrons. The Hall–Kier alpha value is -1.06. The summed E-state index contributed by atoms with van der Waals surface area (Å²) in [5.41, 5.74) is 8.04. The second-order valence-electron chi connectivity index (χ2n) is 4.96. The van der Waals surface area contributed by atoms with Gasteiger partial charge in [-0.2, -0.15) is 0 Å². The van der Waals surface area contributed by atoms with Gasteiger partial charge in [-0.05, 0) is 37.0 Å². The lowest BCUT2D eigenvalue weighted by atomic mass is 9.99. The molecule has 18 heavy (non-hydrogen) atoms. The molecule has 0 saturated heterocycles. The van der Waals surface area contributed by atoms with E-state index in [2.05, 4.69) is 0 Å². The fourth-order valence-electron chi connectivity index (χ4n) is 2.29. The van der Waals surface area contributed by atoms with E-state index < -0.39 is 0 Å². The number of nitrogens with zero attached hydrogens (tertiary/aromatic N) is 1. The molecule has 2 rings (SSSR count). The number of carbonyl (C=O) groups is 1. The number of amides is 1. The van der Waals surface area contributed by atoms with Crippen molar-refractivity contribution in [2.75, 3.05) is 6.54 Å². The molecule has 1 aromatic carbocycles. The van der Waals surface area contributed by atoms with E-state index in [0.717, 1.165) is 24.4 Å². The quantitative estimate of drug-likeness (QED) is 0.913. The van der Waals surface area contributed by atoms with Gasteiger partial charge in [0, 0.05) is 30.6 Å². The second kappa shape index (κ2) is 5.72. The fraction of sp³-hybridized carbons (Fsp3) is 0.500. The highest BCUT2D eigenvalue weighted by Gasteiger charge is 2.21. The molecular weight excluding hydrogens is 248 g/mol. The van der Waals surface area contributed by atoms with Crippen LogP contribution in [-0.2, 0) is 17.8 Å². The van der Waals surface area contributed by atoms with Gasteiger partial charge >= 0.3 is 0 Å². The van der Waals surface area contributed by atoms with Crippen LogP contribution in [0, 0.1) is 0 Å². The molecule has 1 aliphatic heterocycles. The van der Waals surface area contributed by atoms with E-state index in [1.165, 1.54) is 11.1 Å². The zero-order chi connectivity index (χ0) is 13.1. The summed E-state index contributed by atoms with van der Waals surface area (Å²) in [6, 6.07) is 5.98. The molecule has 1 unspecified atom stereocenters. The summed E-state index contributed by atoms with van der Waals surface area (Å²) in [5.74, 6) is 0.193. The van der Waals surface area contributed by atoms with Crippen molar-refractivity contribution in [3.05, 3.63) is 34.3 Å². The average Bonchev–Trinajstić information content (AvgIpc) is 2.35. The molecular formula is C14H19ClN2O. The summed E-state index contributed by atoms with van der Waals surface area (Å²) in [6.07, 6.45) is 2.13. The van der Waals surface area contributed by atoms with Crippen molar-refractivity contribution in [1.82, 2.24) is 4.90 Å². The van der Waals surface area contributed by atoms with Crippen molar-refractivity contribution in [1.29, 1.82) is 0 Å². The van der Waals surface area contributed by atoms with Crippen LogP contribution in [0.1, 0.15) is 30.9 Å². The van der Waals surface area contributed by atoms with E-state index in [0.29, 0.717) is 13.0 Å². The third-order valence-electron chi connectivity index (χ3n) is 3.38. The molecule has 1 heterocycles. The number of fused-ring (bicyclic) bond motifs is 1. The minimum absolute atomic E-state index is 0.0838. The smallest absolute Gasteiger partial charge is 0.222 e. The third kappa shape index (κ3) is 3.03. The first kappa shape index (κ1) is 13.4. The highest BCUT2D eigenvalue weighted by molar-refractivity contribution is 6.31. The van der Waals surface area contributed by atoms with Gasteiger partial charge in [0.05, 0.1) is 0 Å². The first-order chi connectivity index (χ1) is 8.58. The van der Waals surface area contributed by atoms with Gasteiger partial charge in [-0.3, -0.25) is 4.79 Å². The molecule has 4 heteroatoms. The van der Waals surface area contributed by atoms with Crippen LogP contribution < -0.4 is 5.73 Å². The molecule has 1 amide bonds. The Morgan fingerprint density at radius 1 is 1.56 bits per heavy atom. The Labute approximate surface area is 113 Å². The Bertz CT molecular complexity index is 445. The van der Waals surface area contributed by atoms with E-state index >= 15 is 0 Å². The van der Waals surface area contributed by atoms with Crippen molar-refractivity contribution in [2.24, 2.45) is 5.73 Å². The van der Waals surface area contributed by atoms with Crippen LogP contribution in [0.5, 0.6) is 0 Å². The SMILES string of the molecule is CC(N)CCC(=O)N1CCc2c(Cl)cccc2C1. The summed E-state index contributed by atoms with van der Waals surface area (Å²) in [6.45, 7) is 3.36. The highest BCUT2D eigenvalue weighted by Crippen LogP contribution is 2.26. The first-order valence-corrected chi connectivity index (χ1v) is 6.75. The maximum absolute atomic E-state index is 12.0.